The van der Waals surface area contributed by atoms with Gasteiger partial charge in [0.15, 0.2) is 0 Å². The van der Waals surface area contributed by atoms with Crippen LogP contribution in [-0.2, 0) is 17.8 Å². The van der Waals surface area contributed by atoms with Crippen LogP contribution in [0.5, 0.6) is 5.75 Å². The van der Waals surface area contributed by atoms with Crippen LogP contribution in [0.3, 0.4) is 0 Å². The molecule has 0 saturated carbocycles. The lowest BCUT2D eigenvalue weighted by molar-refractivity contribution is -0.121. The number of hydrogen-bond acceptors (Lipinski definition) is 3. The molecule has 0 spiro atoms. The zero-order valence-corrected chi connectivity index (χ0v) is 11.2. The smallest absolute Gasteiger partial charge is 0.220 e. The highest BCUT2D eigenvalue weighted by Gasteiger charge is 2.04. The fourth-order valence-corrected chi connectivity index (χ4v) is 1.88. The number of nitrogen functional groups attached to an aromatic ring is 1. The highest BCUT2D eigenvalue weighted by atomic mass is 16.3. The fourth-order valence-electron chi connectivity index (χ4n) is 1.88. The molecule has 2 aromatic carbocycles. The second-order valence-electron chi connectivity index (χ2n) is 4.65. The van der Waals surface area contributed by atoms with Crippen molar-refractivity contribution in [2.75, 3.05) is 5.73 Å². The van der Waals surface area contributed by atoms with E-state index in [0.29, 0.717) is 24.9 Å². The maximum atomic E-state index is 11.8. The Morgan fingerprint density at radius 1 is 1.10 bits per heavy atom. The van der Waals surface area contributed by atoms with Gasteiger partial charge in [0.1, 0.15) is 5.75 Å². The maximum Gasteiger partial charge on any atom is 0.220 e. The summed E-state index contributed by atoms with van der Waals surface area (Å²) in [6, 6.07) is 14.5. The Kier molecular flexibility index (Phi) is 4.60. The van der Waals surface area contributed by atoms with Gasteiger partial charge in [-0.2, -0.15) is 0 Å². The molecule has 0 aromatic heterocycles. The number of aromatic hydroxyl groups is 1. The number of nitrogens with two attached hydrogens (primary N) is 1. The Morgan fingerprint density at radius 3 is 2.50 bits per heavy atom. The fraction of sp³-hybridized carbons (Fsp3) is 0.188. The predicted octanol–water partition coefficient (Wildman–Crippen LogP) is 2.22. The first-order chi connectivity index (χ1) is 9.65. The van der Waals surface area contributed by atoms with Crippen molar-refractivity contribution >= 4 is 11.6 Å². The number of anilines is 1. The number of carbonyl (C=O) groups is 1. The minimum absolute atomic E-state index is 0.0370. The van der Waals surface area contributed by atoms with Gasteiger partial charge in [-0.1, -0.05) is 30.3 Å². The van der Waals surface area contributed by atoms with Gasteiger partial charge in [-0.15, -0.1) is 0 Å². The molecule has 104 valence electrons. The van der Waals surface area contributed by atoms with Crippen molar-refractivity contribution in [1.82, 2.24) is 5.32 Å². The monoisotopic (exact) mass is 270 g/mol. The van der Waals surface area contributed by atoms with Crippen LogP contribution in [0, 0.1) is 0 Å². The molecule has 2 rings (SSSR count). The molecule has 0 bridgehead atoms. The third-order valence-corrected chi connectivity index (χ3v) is 3.09. The van der Waals surface area contributed by atoms with E-state index in [-0.39, 0.29) is 11.7 Å². The summed E-state index contributed by atoms with van der Waals surface area (Å²) in [5.41, 5.74) is 8.12. The van der Waals surface area contributed by atoms with Gasteiger partial charge in [0, 0.05) is 24.2 Å². The Hall–Kier alpha value is -2.49. The summed E-state index contributed by atoms with van der Waals surface area (Å²) in [5, 5.41) is 12.4. The summed E-state index contributed by atoms with van der Waals surface area (Å²) in [4.78, 5) is 11.8. The van der Waals surface area contributed by atoms with Gasteiger partial charge >= 0.3 is 0 Å². The molecule has 0 heterocycles. The van der Waals surface area contributed by atoms with Crippen molar-refractivity contribution in [2.24, 2.45) is 0 Å². The average Bonchev–Trinajstić information content (AvgIpc) is 2.46. The number of amides is 1. The Balaban J connectivity index is 1.78. The van der Waals surface area contributed by atoms with Crippen molar-refractivity contribution in [2.45, 2.75) is 19.4 Å². The molecule has 2 aromatic rings. The lowest BCUT2D eigenvalue weighted by atomic mass is 10.1. The molecule has 4 nitrogen and oxygen atoms in total. The number of carbonyl (C=O) groups excluding carboxylic acids is 1. The molecule has 20 heavy (non-hydrogen) atoms. The summed E-state index contributed by atoms with van der Waals surface area (Å²) in [6.45, 7) is 0.341. The van der Waals surface area contributed by atoms with E-state index in [1.807, 2.05) is 30.3 Å². The van der Waals surface area contributed by atoms with Crippen LogP contribution in [0.15, 0.2) is 48.5 Å². The van der Waals surface area contributed by atoms with Gasteiger partial charge in [-0.05, 0) is 30.2 Å². The standard InChI is InChI=1S/C16H18N2O2/c17-14-8-5-12(6-9-14)7-10-16(20)18-11-13-3-1-2-4-15(13)19/h1-6,8-9,19H,7,10-11,17H2,(H,18,20). The van der Waals surface area contributed by atoms with Crippen molar-refractivity contribution in [3.05, 3.63) is 59.7 Å². The van der Waals surface area contributed by atoms with E-state index in [0.717, 1.165) is 11.3 Å². The Morgan fingerprint density at radius 2 is 1.80 bits per heavy atom. The number of benzene rings is 2. The minimum atomic E-state index is -0.0370. The summed E-state index contributed by atoms with van der Waals surface area (Å²) >= 11 is 0. The van der Waals surface area contributed by atoms with Crippen LogP contribution >= 0.6 is 0 Å². The molecule has 0 saturated heterocycles. The molecule has 1 amide bonds. The molecule has 0 aliphatic carbocycles. The van der Waals surface area contributed by atoms with Crippen LogP contribution < -0.4 is 11.1 Å². The number of hydrogen-bond donors (Lipinski definition) is 3. The normalized spacial score (nSPS) is 10.2. The highest BCUT2D eigenvalue weighted by Crippen LogP contribution is 2.15. The average molecular weight is 270 g/mol. The molecule has 4 N–H and O–H groups in total. The lowest BCUT2D eigenvalue weighted by Gasteiger charge is -2.07. The van der Waals surface area contributed by atoms with Crippen molar-refractivity contribution in [3.8, 4) is 5.75 Å². The maximum absolute atomic E-state index is 11.8. The van der Waals surface area contributed by atoms with Crippen LogP contribution in [0.4, 0.5) is 5.69 Å². The Labute approximate surface area is 118 Å². The predicted molar refractivity (Wildman–Crippen MR) is 79.1 cm³/mol. The molecule has 4 heteroatoms. The van der Waals surface area contributed by atoms with Gasteiger partial charge in [-0.3, -0.25) is 4.79 Å². The highest BCUT2D eigenvalue weighted by molar-refractivity contribution is 5.76. The molecule has 0 unspecified atom stereocenters. The second-order valence-corrected chi connectivity index (χ2v) is 4.65. The van der Waals surface area contributed by atoms with Gasteiger partial charge < -0.3 is 16.2 Å². The molecule has 0 fully saturated rings. The van der Waals surface area contributed by atoms with E-state index in [1.54, 1.807) is 18.2 Å². The van der Waals surface area contributed by atoms with Crippen molar-refractivity contribution in [3.63, 3.8) is 0 Å². The van der Waals surface area contributed by atoms with Crippen LogP contribution in [0.1, 0.15) is 17.5 Å². The van der Waals surface area contributed by atoms with E-state index in [9.17, 15) is 9.90 Å². The molecular weight excluding hydrogens is 252 g/mol. The quantitative estimate of drug-likeness (QED) is 0.729. The number of rotatable bonds is 5. The van der Waals surface area contributed by atoms with Gasteiger partial charge in [-0.25, -0.2) is 0 Å². The number of phenolic OH excluding ortho intramolecular Hbond substituents is 1. The van der Waals surface area contributed by atoms with E-state index in [2.05, 4.69) is 5.32 Å². The molecule has 0 atom stereocenters. The second kappa shape index (κ2) is 6.61. The zero-order valence-electron chi connectivity index (χ0n) is 11.2. The van der Waals surface area contributed by atoms with E-state index < -0.39 is 0 Å². The summed E-state index contributed by atoms with van der Waals surface area (Å²) in [6.07, 6.45) is 1.09. The van der Waals surface area contributed by atoms with Gasteiger partial charge in [0.05, 0.1) is 0 Å². The largest absolute Gasteiger partial charge is 0.508 e. The third-order valence-electron chi connectivity index (χ3n) is 3.09. The van der Waals surface area contributed by atoms with Crippen molar-refractivity contribution < 1.29 is 9.90 Å². The first-order valence-corrected chi connectivity index (χ1v) is 6.53. The third kappa shape index (κ3) is 4.02. The summed E-state index contributed by atoms with van der Waals surface area (Å²) in [7, 11) is 0. The van der Waals surface area contributed by atoms with E-state index in [1.165, 1.54) is 0 Å². The SMILES string of the molecule is Nc1ccc(CCC(=O)NCc2ccccc2O)cc1. The molecule has 0 aliphatic rings. The van der Waals surface area contributed by atoms with E-state index >= 15 is 0 Å². The van der Waals surface area contributed by atoms with Crippen molar-refractivity contribution in [1.29, 1.82) is 0 Å². The number of phenols is 1. The summed E-state index contributed by atoms with van der Waals surface area (Å²) in [5.74, 6) is 0.163. The topological polar surface area (TPSA) is 75.4 Å². The van der Waals surface area contributed by atoms with Gasteiger partial charge in [0.25, 0.3) is 0 Å². The first-order valence-electron chi connectivity index (χ1n) is 6.53. The Bertz CT molecular complexity index is 579. The number of para-hydroxylation sites is 1. The van der Waals surface area contributed by atoms with Crippen LogP contribution in [-0.4, -0.2) is 11.0 Å². The molecule has 0 radical (unpaired) electrons. The number of nitrogens with one attached hydrogen (secondary N) is 1. The van der Waals surface area contributed by atoms with Crippen LogP contribution in [0.25, 0.3) is 0 Å². The van der Waals surface area contributed by atoms with E-state index in [4.69, 9.17) is 5.73 Å². The minimum Gasteiger partial charge on any atom is -0.508 e. The first kappa shape index (κ1) is 13.9. The van der Waals surface area contributed by atoms with Crippen LogP contribution in [0.2, 0.25) is 0 Å². The van der Waals surface area contributed by atoms with Gasteiger partial charge in [0.2, 0.25) is 5.91 Å². The zero-order chi connectivity index (χ0) is 14.4. The molecular formula is C16H18N2O2. The number of aryl methyl sites for hydroxylation is 1. The lowest BCUT2D eigenvalue weighted by Crippen LogP contribution is -2.23. The molecule has 0 aliphatic heterocycles. The summed E-state index contributed by atoms with van der Waals surface area (Å²) < 4.78 is 0.